The molecule has 0 saturated carbocycles. The number of aromatic nitrogens is 1. The molecule has 0 unspecified atom stereocenters. The van der Waals surface area contributed by atoms with Gasteiger partial charge in [-0.3, -0.25) is 4.98 Å². The van der Waals surface area contributed by atoms with E-state index < -0.39 is 9.84 Å². The van der Waals surface area contributed by atoms with Crippen molar-refractivity contribution in [2.24, 2.45) is 5.41 Å². The standard InChI is InChI=1S/C27H38N2O4S/c1-26(2,3)20-29-13-11-27(12-14-29)10-9-23-17-22(6-8-25(23)33-27)24-7-5-21(18-28-24)19-34(31,32)16-4-15-30/h5-8,17-18,30H,4,9-16,19-20H2,1-3H3. The largest absolute Gasteiger partial charge is 0.487 e. The molecule has 1 spiro atoms. The number of piperidine rings is 1. The Labute approximate surface area is 204 Å². The maximum absolute atomic E-state index is 12.1. The number of aryl methyl sites for hydroxylation is 1. The van der Waals surface area contributed by atoms with E-state index in [0.29, 0.717) is 11.0 Å². The molecule has 186 valence electrons. The minimum Gasteiger partial charge on any atom is -0.487 e. The average Bonchev–Trinajstić information content (AvgIpc) is 2.79. The first-order valence-corrected chi connectivity index (χ1v) is 14.2. The summed E-state index contributed by atoms with van der Waals surface area (Å²) < 4.78 is 30.9. The van der Waals surface area contributed by atoms with Gasteiger partial charge in [-0.25, -0.2) is 8.42 Å². The molecule has 0 bridgehead atoms. The fraction of sp³-hybridized carbons (Fsp3) is 0.593. The number of benzene rings is 1. The predicted octanol–water partition coefficient (Wildman–Crippen LogP) is 4.25. The average molecular weight is 487 g/mol. The molecule has 1 fully saturated rings. The first kappa shape index (κ1) is 25.1. The van der Waals surface area contributed by atoms with Crippen LogP contribution in [0.3, 0.4) is 0 Å². The third-order valence-corrected chi connectivity index (χ3v) is 8.51. The van der Waals surface area contributed by atoms with Crippen molar-refractivity contribution in [3.8, 4) is 17.0 Å². The number of hydrogen-bond acceptors (Lipinski definition) is 6. The van der Waals surface area contributed by atoms with Gasteiger partial charge in [0.2, 0.25) is 0 Å². The van der Waals surface area contributed by atoms with Gasteiger partial charge in [0.15, 0.2) is 9.84 Å². The molecule has 2 aliphatic rings. The second-order valence-corrected chi connectivity index (χ2v) is 13.3. The molecule has 1 aromatic heterocycles. The molecule has 0 aliphatic carbocycles. The molecule has 4 rings (SSSR count). The minimum absolute atomic E-state index is 0.00775. The van der Waals surface area contributed by atoms with Gasteiger partial charge >= 0.3 is 0 Å². The van der Waals surface area contributed by atoms with Crippen molar-refractivity contribution in [2.45, 2.75) is 64.2 Å². The van der Waals surface area contributed by atoms with Crippen LogP contribution in [0.5, 0.6) is 5.75 Å². The fourth-order valence-electron chi connectivity index (χ4n) is 5.11. The zero-order valence-corrected chi connectivity index (χ0v) is 21.5. The van der Waals surface area contributed by atoms with E-state index in [1.165, 1.54) is 5.56 Å². The van der Waals surface area contributed by atoms with Crippen LogP contribution in [0.1, 0.15) is 57.6 Å². The van der Waals surface area contributed by atoms with Crippen LogP contribution in [-0.4, -0.2) is 61.0 Å². The number of hydrogen-bond donors (Lipinski definition) is 1. The molecule has 2 aromatic rings. The van der Waals surface area contributed by atoms with Gasteiger partial charge in [-0.2, -0.15) is 0 Å². The SMILES string of the molecule is CC(C)(C)CN1CCC2(CCc3cc(-c4ccc(CS(=O)(=O)CCCO)cn4)ccc3O2)CC1. The summed E-state index contributed by atoms with van der Waals surface area (Å²) in [5.41, 5.74) is 4.02. The van der Waals surface area contributed by atoms with Gasteiger partial charge in [-0.1, -0.05) is 26.8 Å². The van der Waals surface area contributed by atoms with Crippen LogP contribution in [0.4, 0.5) is 0 Å². The summed E-state index contributed by atoms with van der Waals surface area (Å²) in [6.45, 7) is 10.1. The molecule has 7 heteroatoms. The van der Waals surface area contributed by atoms with E-state index in [2.05, 4.69) is 42.8 Å². The summed E-state index contributed by atoms with van der Waals surface area (Å²) in [7, 11) is -3.23. The lowest BCUT2D eigenvalue weighted by Gasteiger charge is -2.45. The highest BCUT2D eigenvalue weighted by atomic mass is 32.2. The highest BCUT2D eigenvalue weighted by molar-refractivity contribution is 7.90. The molecule has 3 heterocycles. The Morgan fingerprint density at radius 2 is 1.88 bits per heavy atom. The van der Waals surface area contributed by atoms with E-state index in [1.807, 2.05) is 18.2 Å². The van der Waals surface area contributed by atoms with E-state index in [4.69, 9.17) is 9.84 Å². The van der Waals surface area contributed by atoms with Crippen LogP contribution in [0.2, 0.25) is 0 Å². The van der Waals surface area contributed by atoms with Crippen molar-refractivity contribution in [3.05, 3.63) is 47.7 Å². The number of likely N-dealkylation sites (tertiary alicyclic amines) is 1. The lowest BCUT2D eigenvalue weighted by Crippen LogP contribution is -2.51. The Balaban J connectivity index is 1.40. The van der Waals surface area contributed by atoms with E-state index >= 15 is 0 Å². The van der Waals surface area contributed by atoms with Gasteiger partial charge in [0, 0.05) is 38.0 Å². The quantitative estimate of drug-likeness (QED) is 0.630. The Kier molecular flexibility index (Phi) is 7.36. The van der Waals surface area contributed by atoms with Crippen molar-refractivity contribution < 1.29 is 18.3 Å². The molecule has 0 radical (unpaired) electrons. The molecule has 1 saturated heterocycles. The number of ether oxygens (including phenoxy) is 1. The van der Waals surface area contributed by atoms with Crippen LogP contribution in [0, 0.1) is 5.41 Å². The maximum Gasteiger partial charge on any atom is 0.154 e. The predicted molar refractivity (Wildman–Crippen MR) is 136 cm³/mol. The zero-order valence-electron chi connectivity index (χ0n) is 20.7. The minimum atomic E-state index is -3.23. The molecule has 1 aromatic carbocycles. The van der Waals surface area contributed by atoms with Crippen LogP contribution >= 0.6 is 0 Å². The van der Waals surface area contributed by atoms with Gasteiger partial charge < -0.3 is 14.7 Å². The van der Waals surface area contributed by atoms with E-state index in [-0.39, 0.29) is 30.1 Å². The van der Waals surface area contributed by atoms with Crippen LogP contribution < -0.4 is 4.74 Å². The Morgan fingerprint density at radius 3 is 2.53 bits per heavy atom. The monoisotopic (exact) mass is 486 g/mol. The summed E-state index contributed by atoms with van der Waals surface area (Å²) in [4.78, 5) is 7.09. The summed E-state index contributed by atoms with van der Waals surface area (Å²) >= 11 is 0. The Morgan fingerprint density at radius 1 is 1.12 bits per heavy atom. The van der Waals surface area contributed by atoms with E-state index in [1.54, 1.807) is 6.20 Å². The number of aliphatic hydroxyl groups excluding tert-OH is 1. The third kappa shape index (κ3) is 6.37. The molecule has 0 amide bonds. The third-order valence-electron chi connectivity index (χ3n) is 6.82. The van der Waals surface area contributed by atoms with Crippen molar-refractivity contribution in [1.82, 2.24) is 9.88 Å². The summed E-state index contributed by atoms with van der Waals surface area (Å²) in [6, 6.07) is 10.00. The summed E-state index contributed by atoms with van der Waals surface area (Å²) in [6.07, 6.45) is 6.11. The van der Waals surface area contributed by atoms with E-state index in [0.717, 1.165) is 62.3 Å². The molecule has 2 aliphatic heterocycles. The van der Waals surface area contributed by atoms with Crippen molar-refractivity contribution in [1.29, 1.82) is 0 Å². The lowest BCUT2D eigenvalue weighted by atomic mass is 9.82. The second-order valence-electron chi connectivity index (χ2n) is 11.2. The van der Waals surface area contributed by atoms with Gasteiger partial charge in [0.1, 0.15) is 11.4 Å². The fourth-order valence-corrected chi connectivity index (χ4v) is 6.51. The molecule has 34 heavy (non-hydrogen) atoms. The second kappa shape index (κ2) is 9.96. The molecule has 1 N–H and O–H groups in total. The Bertz CT molecular complexity index is 1080. The van der Waals surface area contributed by atoms with E-state index in [9.17, 15) is 8.42 Å². The molecular weight excluding hydrogens is 448 g/mol. The number of fused-ring (bicyclic) bond motifs is 1. The topological polar surface area (TPSA) is 79.7 Å². The summed E-state index contributed by atoms with van der Waals surface area (Å²) in [5.74, 6) is 0.936. The van der Waals surface area contributed by atoms with Crippen molar-refractivity contribution >= 4 is 9.84 Å². The smallest absolute Gasteiger partial charge is 0.154 e. The number of sulfone groups is 1. The number of rotatable bonds is 7. The van der Waals surface area contributed by atoms with Crippen molar-refractivity contribution in [3.63, 3.8) is 0 Å². The number of pyridine rings is 1. The van der Waals surface area contributed by atoms with Crippen molar-refractivity contribution in [2.75, 3.05) is 32.0 Å². The summed E-state index contributed by atoms with van der Waals surface area (Å²) in [5, 5.41) is 8.87. The first-order valence-electron chi connectivity index (χ1n) is 12.4. The van der Waals surface area contributed by atoms with Crippen LogP contribution in [-0.2, 0) is 22.0 Å². The zero-order chi connectivity index (χ0) is 24.4. The lowest BCUT2D eigenvalue weighted by molar-refractivity contribution is -0.0206. The van der Waals surface area contributed by atoms with Crippen LogP contribution in [0.25, 0.3) is 11.3 Å². The highest BCUT2D eigenvalue weighted by Crippen LogP contribution is 2.41. The van der Waals surface area contributed by atoms with Gasteiger partial charge in [-0.15, -0.1) is 0 Å². The number of aliphatic hydroxyl groups is 1. The molecular formula is C27H38N2O4S. The van der Waals surface area contributed by atoms with Crippen LogP contribution in [0.15, 0.2) is 36.5 Å². The maximum atomic E-state index is 12.1. The number of nitrogens with zero attached hydrogens (tertiary/aromatic N) is 2. The molecule has 0 atom stereocenters. The Hall–Kier alpha value is -1.96. The first-order chi connectivity index (χ1) is 16.1. The van der Waals surface area contributed by atoms with Gasteiger partial charge in [-0.05, 0) is 72.9 Å². The van der Waals surface area contributed by atoms with Gasteiger partial charge in [0.05, 0.1) is 17.2 Å². The molecule has 6 nitrogen and oxygen atoms in total. The highest BCUT2D eigenvalue weighted by Gasteiger charge is 2.40. The normalized spacial score (nSPS) is 18.5. The van der Waals surface area contributed by atoms with Gasteiger partial charge in [0.25, 0.3) is 0 Å².